The second kappa shape index (κ2) is 7.19. The largest absolute Gasteiger partial charge is 0.313 e. The van der Waals surface area contributed by atoms with Crippen molar-refractivity contribution in [2.75, 3.05) is 13.1 Å². The van der Waals surface area contributed by atoms with Gasteiger partial charge in [-0.05, 0) is 63.0 Å². The van der Waals surface area contributed by atoms with Crippen LogP contribution in [0.4, 0.5) is 4.39 Å². The molecule has 2 rings (SSSR count). The Kier molecular flexibility index (Phi) is 5.55. The minimum absolute atomic E-state index is 0.137. The van der Waals surface area contributed by atoms with E-state index in [2.05, 4.69) is 24.1 Å². The highest BCUT2D eigenvalue weighted by Crippen LogP contribution is 2.23. The van der Waals surface area contributed by atoms with Crippen molar-refractivity contribution in [1.82, 2.24) is 10.2 Å². The highest BCUT2D eigenvalue weighted by atomic mass is 19.1. The first kappa shape index (κ1) is 15.5. The molecule has 1 heterocycles. The molecule has 1 saturated heterocycles. The van der Waals surface area contributed by atoms with E-state index < -0.39 is 0 Å². The normalized spacial score (nSPS) is 21.9. The minimum atomic E-state index is -0.137. The monoisotopic (exact) mass is 278 g/mol. The number of hydrogen-bond donors (Lipinski definition) is 1. The lowest BCUT2D eigenvalue weighted by molar-refractivity contribution is 0.112. The summed E-state index contributed by atoms with van der Waals surface area (Å²) in [5.74, 6) is -0.137. The lowest BCUT2D eigenvalue weighted by atomic mass is 9.95. The summed E-state index contributed by atoms with van der Waals surface area (Å²) in [4.78, 5) is 2.57. The van der Waals surface area contributed by atoms with Crippen LogP contribution >= 0.6 is 0 Å². The van der Waals surface area contributed by atoms with Crippen LogP contribution in [0.5, 0.6) is 0 Å². The van der Waals surface area contributed by atoms with Crippen molar-refractivity contribution >= 4 is 0 Å². The molecule has 2 unspecified atom stereocenters. The maximum atomic E-state index is 13.2. The van der Waals surface area contributed by atoms with Crippen LogP contribution < -0.4 is 5.32 Å². The maximum absolute atomic E-state index is 13.2. The van der Waals surface area contributed by atoms with Gasteiger partial charge >= 0.3 is 0 Å². The molecule has 1 fully saturated rings. The third kappa shape index (κ3) is 3.80. The molecule has 0 radical (unpaired) electrons. The van der Waals surface area contributed by atoms with Gasteiger partial charge in [-0.1, -0.05) is 19.4 Å². The summed E-state index contributed by atoms with van der Waals surface area (Å²) in [7, 11) is 0. The van der Waals surface area contributed by atoms with Gasteiger partial charge in [0.2, 0.25) is 0 Å². The number of halogens is 1. The second-order valence-corrected chi connectivity index (χ2v) is 5.95. The summed E-state index contributed by atoms with van der Waals surface area (Å²) in [5, 5.41) is 3.55. The molecule has 112 valence electrons. The van der Waals surface area contributed by atoms with Gasteiger partial charge in [0.1, 0.15) is 5.82 Å². The fraction of sp³-hybridized carbons (Fsp3) is 0.647. The Morgan fingerprint density at radius 3 is 2.90 bits per heavy atom. The van der Waals surface area contributed by atoms with Crippen LogP contribution in [0.15, 0.2) is 18.2 Å². The first-order valence-corrected chi connectivity index (χ1v) is 7.84. The maximum Gasteiger partial charge on any atom is 0.123 e. The lowest BCUT2D eigenvalue weighted by Gasteiger charge is -2.39. The van der Waals surface area contributed by atoms with Gasteiger partial charge in [0, 0.05) is 18.6 Å². The summed E-state index contributed by atoms with van der Waals surface area (Å²) in [6, 6.07) is 6.26. The quantitative estimate of drug-likeness (QED) is 0.887. The van der Waals surface area contributed by atoms with Gasteiger partial charge < -0.3 is 5.32 Å². The van der Waals surface area contributed by atoms with Gasteiger partial charge in [-0.3, -0.25) is 4.90 Å². The van der Waals surface area contributed by atoms with Crippen molar-refractivity contribution in [2.45, 2.75) is 58.7 Å². The average Bonchev–Trinajstić information content (AvgIpc) is 2.43. The van der Waals surface area contributed by atoms with Crippen LogP contribution in [0.2, 0.25) is 0 Å². The number of rotatable bonds is 5. The number of benzene rings is 1. The van der Waals surface area contributed by atoms with Gasteiger partial charge in [-0.25, -0.2) is 4.39 Å². The Balaban J connectivity index is 2.08. The molecule has 2 atom stereocenters. The van der Waals surface area contributed by atoms with Crippen LogP contribution in [-0.2, 0) is 6.54 Å². The first-order valence-electron chi connectivity index (χ1n) is 7.84. The van der Waals surface area contributed by atoms with E-state index in [-0.39, 0.29) is 5.82 Å². The molecule has 1 aliphatic heterocycles. The highest BCUT2D eigenvalue weighted by molar-refractivity contribution is 5.26. The fourth-order valence-corrected chi connectivity index (χ4v) is 3.29. The van der Waals surface area contributed by atoms with E-state index >= 15 is 0 Å². The highest BCUT2D eigenvalue weighted by Gasteiger charge is 2.27. The van der Waals surface area contributed by atoms with E-state index in [0.29, 0.717) is 12.1 Å². The second-order valence-electron chi connectivity index (χ2n) is 5.95. The molecule has 2 nitrogen and oxygen atoms in total. The molecule has 0 saturated carbocycles. The molecular weight excluding hydrogens is 251 g/mol. The zero-order valence-electron chi connectivity index (χ0n) is 13.0. The van der Waals surface area contributed by atoms with E-state index in [1.54, 1.807) is 12.1 Å². The molecule has 1 N–H and O–H groups in total. The van der Waals surface area contributed by atoms with Crippen LogP contribution in [0, 0.1) is 12.7 Å². The molecule has 0 bridgehead atoms. The zero-order chi connectivity index (χ0) is 14.5. The molecule has 1 aromatic rings. The Bertz CT molecular complexity index is 433. The summed E-state index contributed by atoms with van der Waals surface area (Å²) >= 11 is 0. The number of nitrogens with zero attached hydrogens (tertiary/aromatic N) is 1. The molecule has 0 amide bonds. The van der Waals surface area contributed by atoms with E-state index in [1.165, 1.54) is 24.8 Å². The zero-order valence-corrected chi connectivity index (χ0v) is 13.0. The van der Waals surface area contributed by atoms with Crippen LogP contribution in [0.3, 0.4) is 0 Å². The SMILES string of the molecule is CCNC(C)C1CCCCN1Cc1ccc(F)cc1C. The predicted octanol–water partition coefficient (Wildman–Crippen LogP) is 3.49. The lowest BCUT2D eigenvalue weighted by Crippen LogP contribution is -2.50. The topological polar surface area (TPSA) is 15.3 Å². The molecule has 3 heteroatoms. The molecule has 1 aliphatic rings. The molecule has 0 spiro atoms. The number of aryl methyl sites for hydroxylation is 1. The van der Waals surface area contributed by atoms with Gasteiger partial charge in [-0.2, -0.15) is 0 Å². The third-order valence-corrected chi connectivity index (χ3v) is 4.45. The van der Waals surface area contributed by atoms with Crippen molar-refractivity contribution in [3.8, 4) is 0 Å². The Labute approximate surface area is 122 Å². The van der Waals surface area contributed by atoms with Gasteiger partial charge in [0.05, 0.1) is 0 Å². The number of likely N-dealkylation sites (tertiary alicyclic amines) is 1. The summed E-state index contributed by atoms with van der Waals surface area (Å²) in [5.41, 5.74) is 2.31. The Morgan fingerprint density at radius 2 is 2.20 bits per heavy atom. The summed E-state index contributed by atoms with van der Waals surface area (Å²) < 4.78 is 13.2. The van der Waals surface area contributed by atoms with E-state index in [9.17, 15) is 4.39 Å². The summed E-state index contributed by atoms with van der Waals surface area (Å²) in [6.45, 7) is 9.55. The molecule has 1 aromatic carbocycles. The van der Waals surface area contributed by atoms with E-state index in [0.717, 1.165) is 25.2 Å². The Morgan fingerprint density at radius 1 is 1.40 bits per heavy atom. The first-order chi connectivity index (χ1) is 9.61. The smallest absolute Gasteiger partial charge is 0.123 e. The minimum Gasteiger partial charge on any atom is -0.313 e. The molecule has 0 aliphatic carbocycles. The molecule has 20 heavy (non-hydrogen) atoms. The Hall–Kier alpha value is -0.930. The van der Waals surface area contributed by atoms with Gasteiger partial charge in [0.25, 0.3) is 0 Å². The van der Waals surface area contributed by atoms with Crippen molar-refractivity contribution < 1.29 is 4.39 Å². The van der Waals surface area contributed by atoms with E-state index in [4.69, 9.17) is 0 Å². The van der Waals surface area contributed by atoms with E-state index in [1.807, 2.05) is 13.0 Å². The number of hydrogen-bond acceptors (Lipinski definition) is 2. The van der Waals surface area contributed by atoms with Crippen LogP contribution in [0.1, 0.15) is 44.2 Å². The van der Waals surface area contributed by atoms with Crippen molar-refractivity contribution in [3.63, 3.8) is 0 Å². The summed E-state index contributed by atoms with van der Waals surface area (Å²) in [6.07, 6.45) is 3.85. The van der Waals surface area contributed by atoms with Gasteiger partial charge in [-0.15, -0.1) is 0 Å². The van der Waals surface area contributed by atoms with Crippen LogP contribution in [-0.4, -0.2) is 30.1 Å². The fourth-order valence-electron chi connectivity index (χ4n) is 3.29. The van der Waals surface area contributed by atoms with Crippen molar-refractivity contribution in [3.05, 3.63) is 35.1 Å². The predicted molar refractivity (Wildman–Crippen MR) is 82.3 cm³/mol. The number of likely N-dealkylation sites (N-methyl/N-ethyl adjacent to an activating group) is 1. The van der Waals surface area contributed by atoms with Crippen LogP contribution in [0.25, 0.3) is 0 Å². The average molecular weight is 278 g/mol. The number of nitrogens with one attached hydrogen (secondary N) is 1. The molecular formula is C17H27FN2. The standard InChI is InChI=1S/C17H27FN2/c1-4-19-14(3)17-7-5-6-10-20(17)12-15-8-9-16(18)11-13(15)2/h8-9,11,14,17,19H,4-7,10,12H2,1-3H3. The molecule has 0 aromatic heterocycles. The number of piperidine rings is 1. The van der Waals surface area contributed by atoms with Crippen molar-refractivity contribution in [1.29, 1.82) is 0 Å². The van der Waals surface area contributed by atoms with Crippen molar-refractivity contribution in [2.24, 2.45) is 0 Å². The third-order valence-electron chi connectivity index (χ3n) is 4.45. The van der Waals surface area contributed by atoms with Gasteiger partial charge in [0.15, 0.2) is 0 Å².